The third-order valence-electron chi connectivity index (χ3n) is 4.13. The number of nitrogens with one attached hydrogen (secondary N) is 1. The molecular weight excluding hydrogens is 382 g/mol. The van der Waals surface area contributed by atoms with Gasteiger partial charge in [0.15, 0.2) is 0 Å². The molecule has 0 spiro atoms. The van der Waals surface area contributed by atoms with E-state index in [9.17, 15) is 13.2 Å². The van der Waals surface area contributed by atoms with Gasteiger partial charge in [-0.25, -0.2) is 17.7 Å². The van der Waals surface area contributed by atoms with Crippen LogP contribution in [0.4, 0.5) is 5.13 Å². The van der Waals surface area contributed by atoms with Gasteiger partial charge in [0.25, 0.3) is 10.0 Å². The molecule has 0 bridgehead atoms. The molecule has 2 aromatic carbocycles. The van der Waals surface area contributed by atoms with Crippen molar-refractivity contribution in [2.75, 3.05) is 10.8 Å². The molecule has 0 aliphatic heterocycles. The van der Waals surface area contributed by atoms with Crippen molar-refractivity contribution >= 4 is 42.6 Å². The number of anilines is 1. The summed E-state index contributed by atoms with van der Waals surface area (Å²) >= 11 is 1.25. The summed E-state index contributed by atoms with van der Waals surface area (Å²) in [6, 6.07) is 15.5. The molecule has 0 saturated heterocycles. The molecule has 0 unspecified atom stereocenters. The van der Waals surface area contributed by atoms with E-state index < -0.39 is 10.0 Å². The second-order valence-electron chi connectivity index (χ2n) is 6.17. The van der Waals surface area contributed by atoms with E-state index in [1.165, 1.54) is 23.5 Å². The highest BCUT2D eigenvalue weighted by atomic mass is 32.2. The standard InChI is InChI=1S/C19H21N3O3S2/c1-3-14(2)20-18(23)13-22(27(24,25)15-9-5-4-6-10-15)19-21-16-11-7-8-12-17(16)26-19/h4-12,14H,3,13H2,1-2H3,(H,20,23)/t14-/m1/s1. The number of benzene rings is 2. The smallest absolute Gasteiger partial charge is 0.266 e. The minimum Gasteiger partial charge on any atom is -0.352 e. The molecule has 6 nitrogen and oxygen atoms in total. The molecule has 1 aromatic heterocycles. The molecule has 0 fully saturated rings. The van der Waals surface area contributed by atoms with Crippen molar-refractivity contribution in [2.24, 2.45) is 0 Å². The van der Waals surface area contributed by atoms with Crippen LogP contribution in [-0.4, -0.2) is 31.9 Å². The number of rotatable bonds is 7. The lowest BCUT2D eigenvalue weighted by atomic mass is 10.2. The summed E-state index contributed by atoms with van der Waals surface area (Å²) in [5.74, 6) is -0.358. The number of fused-ring (bicyclic) bond motifs is 1. The largest absolute Gasteiger partial charge is 0.352 e. The van der Waals surface area contributed by atoms with E-state index in [0.29, 0.717) is 5.52 Å². The fourth-order valence-electron chi connectivity index (χ4n) is 2.49. The molecule has 0 saturated carbocycles. The van der Waals surface area contributed by atoms with Crippen molar-refractivity contribution in [1.82, 2.24) is 10.3 Å². The second-order valence-corrected chi connectivity index (χ2v) is 9.04. The van der Waals surface area contributed by atoms with Gasteiger partial charge in [0, 0.05) is 6.04 Å². The summed E-state index contributed by atoms with van der Waals surface area (Å²) in [4.78, 5) is 17.0. The van der Waals surface area contributed by atoms with Crippen molar-refractivity contribution in [3.63, 3.8) is 0 Å². The number of carbonyl (C=O) groups excluding carboxylic acids is 1. The average molecular weight is 404 g/mol. The van der Waals surface area contributed by atoms with Crippen LogP contribution in [0.2, 0.25) is 0 Å². The molecular formula is C19H21N3O3S2. The maximum atomic E-state index is 13.2. The Balaban J connectivity index is 2.02. The van der Waals surface area contributed by atoms with Crippen LogP contribution in [-0.2, 0) is 14.8 Å². The Morgan fingerprint density at radius 1 is 1.15 bits per heavy atom. The second kappa shape index (κ2) is 8.06. The highest BCUT2D eigenvalue weighted by Crippen LogP contribution is 2.32. The molecule has 142 valence electrons. The van der Waals surface area contributed by atoms with E-state index in [2.05, 4.69) is 10.3 Å². The first-order valence-corrected chi connectivity index (χ1v) is 10.9. The topological polar surface area (TPSA) is 79.4 Å². The Labute approximate surface area is 162 Å². The average Bonchev–Trinajstić information content (AvgIpc) is 3.10. The molecule has 3 aromatic rings. The zero-order valence-corrected chi connectivity index (χ0v) is 16.8. The van der Waals surface area contributed by atoms with Gasteiger partial charge in [-0.2, -0.15) is 0 Å². The van der Waals surface area contributed by atoms with Gasteiger partial charge in [-0.15, -0.1) is 0 Å². The zero-order chi connectivity index (χ0) is 19.4. The quantitative estimate of drug-likeness (QED) is 0.656. The van der Waals surface area contributed by atoms with Crippen LogP contribution in [0.1, 0.15) is 20.3 Å². The Kier molecular flexibility index (Phi) is 5.76. The number of hydrogen-bond acceptors (Lipinski definition) is 5. The number of carbonyl (C=O) groups is 1. The fraction of sp³-hybridized carbons (Fsp3) is 0.263. The van der Waals surface area contributed by atoms with Crippen LogP contribution in [0, 0.1) is 0 Å². The van der Waals surface area contributed by atoms with Gasteiger partial charge in [0.1, 0.15) is 6.54 Å². The van der Waals surface area contributed by atoms with E-state index in [1.54, 1.807) is 18.2 Å². The van der Waals surface area contributed by atoms with Gasteiger partial charge < -0.3 is 5.32 Å². The van der Waals surface area contributed by atoms with E-state index in [0.717, 1.165) is 15.4 Å². The summed E-state index contributed by atoms with van der Waals surface area (Å²) in [6.45, 7) is 3.52. The fourth-order valence-corrected chi connectivity index (χ4v) is 5.06. The number of amides is 1. The number of hydrogen-bond donors (Lipinski definition) is 1. The third kappa shape index (κ3) is 4.28. The van der Waals surface area contributed by atoms with Gasteiger partial charge >= 0.3 is 0 Å². The number of nitrogens with zero attached hydrogens (tertiary/aromatic N) is 2. The number of sulfonamides is 1. The van der Waals surface area contributed by atoms with Crippen LogP contribution in [0.25, 0.3) is 10.2 Å². The molecule has 0 aliphatic carbocycles. The Morgan fingerprint density at radius 3 is 2.48 bits per heavy atom. The number of para-hydroxylation sites is 1. The Bertz CT molecular complexity index is 1000. The highest BCUT2D eigenvalue weighted by molar-refractivity contribution is 7.93. The molecule has 3 rings (SSSR count). The van der Waals surface area contributed by atoms with Crippen LogP contribution >= 0.6 is 11.3 Å². The maximum absolute atomic E-state index is 13.2. The highest BCUT2D eigenvalue weighted by Gasteiger charge is 2.29. The van der Waals surface area contributed by atoms with Crippen LogP contribution in [0.15, 0.2) is 59.5 Å². The summed E-state index contributed by atoms with van der Waals surface area (Å²) in [5, 5.41) is 3.10. The first kappa shape index (κ1) is 19.3. The van der Waals surface area contributed by atoms with Crippen molar-refractivity contribution in [1.29, 1.82) is 0 Å². The molecule has 8 heteroatoms. The SMILES string of the molecule is CC[C@@H](C)NC(=O)CN(c1nc2ccccc2s1)S(=O)(=O)c1ccccc1. The summed E-state index contributed by atoms with van der Waals surface area (Å²) in [6.07, 6.45) is 0.762. The molecule has 0 aliphatic rings. The minimum absolute atomic E-state index is 0.0332. The van der Waals surface area contributed by atoms with Gasteiger partial charge in [-0.3, -0.25) is 4.79 Å². The predicted molar refractivity (Wildman–Crippen MR) is 108 cm³/mol. The molecule has 1 amide bonds. The molecule has 1 atom stereocenters. The van der Waals surface area contributed by atoms with Gasteiger partial charge in [0.2, 0.25) is 11.0 Å². The summed E-state index contributed by atoms with van der Waals surface area (Å²) in [7, 11) is -3.92. The van der Waals surface area contributed by atoms with Crippen LogP contribution in [0.5, 0.6) is 0 Å². The van der Waals surface area contributed by atoms with E-state index >= 15 is 0 Å². The minimum atomic E-state index is -3.92. The van der Waals surface area contributed by atoms with Crippen molar-refractivity contribution in [3.05, 3.63) is 54.6 Å². The van der Waals surface area contributed by atoms with E-state index in [1.807, 2.05) is 38.1 Å². The third-order valence-corrected chi connectivity index (χ3v) is 7.06. The van der Waals surface area contributed by atoms with Gasteiger partial charge in [-0.05, 0) is 37.6 Å². The molecule has 1 N–H and O–H groups in total. The Morgan fingerprint density at radius 2 is 1.81 bits per heavy atom. The lowest BCUT2D eigenvalue weighted by Gasteiger charge is -2.22. The molecule has 1 heterocycles. The monoisotopic (exact) mass is 403 g/mol. The summed E-state index contributed by atoms with van der Waals surface area (Å²) in [5.41, 5.74) is 0.702. The maximum Gasteiger partial charge on any atom is 0.266 e. The normalized spacial score (nSPS) is 12.7. The van der Waals surface area contributed by atoms with Crippen molar-refractivity contribution in [3.8, 4) is 0 Å². The zero-order valence-electron chi connectivity index (χ0n) is 15.1. The van der Waals surface area contributed by atoms with Gasteiger partial charge in [-0.1, -0.05) is 48.6 Å². The first-order chi connectivity index (χ1) is 12.9. The Hall–Kier alpha value is -2.45. The predicted octanol–water partition coefficient (Wildman–Crippen LogP) is 3.41. The van der Waals surface area contributed by atoms with Crippen molar-refractivity contribution < 1.29 is 13.2 Å². The van der Waals surface area contributed by atoms with Crippen molar-refractivity contribution in [2.45, 2.75) is 31.2 Å². The van der Waals surface area contributed by atoms with E-state index in [-0.39, 0.29) is 28.5 Å². The lowest BCUT2D eigenvalue weighted by molar-refractivity contribution is -0.120. The van der Waals surface area contributed by atoms with Crippen LogP contribution in [0.3, 0.4) is 0 Å². The summed E-state index contributed by atoms with van der Waals surface area (Å²) < 4.78 is 28.4. The number of thiazole rings is 1. The van der Waals surface area contributed by atoms with E-state index in [4.69, 9.17) is 0 Å². The number of aromatic nitrogens is 1. The van der Waals surface area contributed by atoms with Gasteiger partial charge in [0.05, 0.1) is 15.1 Å². The van der Waals surface area contributed by atoms with Crippen LogP contribution < -0.4 is 9.62 Å². The molecule has 0 radical (unpaired) electrons. The lowest BCUT2D eigenvalue weighted by Crippen LogP contribution is -2.43. The first-order valence-electron chi connectivity index (χ1n) is 8.64. The molecule has 27 heavy (non-hydrogen) atoms.